The van der Waals surface area contributed by atoms with E-state index in [1.165, 1.54) is 19.3 Å². The molecule has 9 heavy (non-hydrogen) atoms. The molecule has 1 nitrogen and oxygen atoms in total. The highest BCUT2D eigenvalue weighted by Gasteiger charge is 2.18. The Kier molecular flexibility index (Phi) is 4.43. The average Bonchev–Trinajstić information content (AvgIpc) is 1.63. The van der Waals surface area contributed by atoms with Crippen molar-refractivity contribution in [1.29, 1.82) is 0 Å². The third-order valence-electron chi connectivity index (χ3n) is 1.31. The Labute approximate surface area is 58.9 Å². The summed E-state index contributed by atoms with van der Waals surface area (Å²) >= 11 is 0. The topological polar surface area (TPSA) is 20.2 Å². The Hall–Kier alpha value is 0.390. The number of hydrogen-bond donors (Lipinski definition) is 1. The van der Waals surface area contributed by atoms with Gasteiger partial charge in [-0.3, -0.25) is 4.89 Å². The van der Waals surface area contributed by atoms with E-state index >= 15 is 0 Å². The van der Waals surface area contributed by atoms with Crippen LogP contribution >= 0.6 is 7.49 Å². The zero-order valence-corrected chi connectivity index (χ0v) is 7.62. The first-order chi connectivity index (χ1) is 4.06. The van der Waals surface area contributed by atoms with Crippen LogP contribution in [0.1, 0.15) is 26.2 Å². The average molecular weight is 149 g/mol. The third-order valence-corrected chi connectivity index (χ3v) is 2.72. The smallest absolute Gasteiger partial charge is 0.136 e. The molecule has 0 unspecified atom stereocenters. The second-order valence-electron chi connectivity index (χ2n) is 3.05. The molecule has 56 valence electrons. The van der Waals surface area contributed by atoms with Gasteiger partial charge in [-0.15, -0.1) is 0 Å². The molecule has 0 aliphatic rings. The standard InChI is InChI=1S/C7H18OP/c1-4-5-6-7-9(2,3)8/h8H,4-7H2,1-3H3/q+1. The van der Waals surface area contributed by atoms with Crippen molar-refractivity contribution < 1.29 is 4.89 Å². The lowest BCUT2D eigenvalue weighted by molar-refractivity contribution is 0.605. The minimum Gasteiger partial charge on any atom is -0.252 e. The van der Waals surface area contributed by atoms with E-state index in [2.05, 4.69) is 6.92 Å². The van der Waals surface area contributed by atoms with E-state index in [0.717, 1.165) is 6.16 Å². The van der Waals surface area contributed by atoms with Crippen molar-refractivity contribution in [3.05, 3.63) is 0 Å². The van der Waals surface area contributed by atoms with E-state index in [9.17, 15) is 4.89 Å². The quantitative estimate of drug-likeness (QED) is 0.480. The molecule has 0 saturated carbocycles. The Bertz CT molecular complexity index is 65.8. The van der Waals surface area contributed by atoms with Gasteiger partial charge in [0.2, 0.25) is 0 Å². The summed E-state index contributed by atoms with van der Waals surface area (Å²) in [5.41, 5.74) is 0. The van der Waals surface area contributed by atoms with Gasteiger partial charge in [0.15, 0.2) is 0 Å². The summed E-state index contributed by atoms with van der Waals surface area (Å²) in [6, 6.07) is 0. The largest absolute Gasteiger partial charge is 0.252 e. The van der Waals surface area contributed by atoms with Crippen LogP contribution < -0.4 is 0 Å². The van der Waals surface area contributed by atoms with Crippen LogP contribution in [0.4, 0.5) is 0 Å². The molecule has 0 radical (unpaired) electrons. The summed E-state index contributed by atoms with van der Waals surface area (Å²) in [6.45, 7) is 6.13. The van der Waals surface area contributed by atoms with Gasteiger partial charge in [-0.05, 0) is 6.42 Å². The van der Waals surface area contributed by atoms with Crippen molar-refractivity contribution in [2.45, 2.75) is 26.2 Å². The molecular formula is C7H18OP+. The van der Waals surface area contributed by atoms with Crippen LogP contribution in [0.15, 0.2) is 0 Å². The molecule has 0 rings (SSSR count). The van der Waals surface area contributed by atoms with E-state index in [0.29, 0.717) is 0 Å². The van der Waals surface area contributed by atoms with Gasteiger partial charge in [0.25, 0.3) is 0 Å². The normalized spacial score (nSPS) is 12.0. The van der Waals surface area contributed by atoms with Gasteiger partial charge in [0.05, 0.1) is 19.5 Å². The van der Waals surface area contributed by atoms with Crippen molar-refractivity contribution in [3.63, 3.8) is 0 Å². The highest BCUT2D eigenvalue weighted by atomic mass is 31.2. The number of hydrogen-bond acceptors (Lipinski definition) is 1. The van der Waals surface area contributed by atoms with Crippen molar-refractivity contribution in [2.75, 3.05) is 19.5 Å². The van der Waals surface area contributed by atoms with Crippen LogP contribution in [0.25, 0.3) is 0 Å². The zero-order chi connectivity index (χ0) is 7.33. The van der Waals surface area contributed by atoms with Crippen molar-refractivity contribution in [1.82, 2.24) is 0 Å². The molecule has 0 bridgehead atoms. The fourth-order valence-electron chi connectivity index (χ4n) is 0.749. The molecule has 0 fully saturated rings. The minimum absolute atomic E-state index is 1.04. The Balaban J connectivity index is 3.07. The van der Waals surface area contributed by atoms with Crippen LogP contribution in [0, 0.1) is 0 Å². The molecule has 0 aliphatic carbocycles. The number of rotatable bonds is 4. The maximum Gasteiger partial charge on any atom is 0.136 e. The second kappa shape index (κ2) is 4.24. The molecule has 0 aromatic heterocycles. The first-order valence-corrected chi connectivity index (χ1v) is 6.44. The predicted molar refractivity (Wildman–Crippen MR) is 45.4 cm³/mol. The SMILES string of the molecule is CCCCC[P+](C)(C)O. The fourth-order valence-corrected chi connectivity index (χ4v) is 1.75. The van der Waals surface area contributed by atoms with E-state index in [1.807, 2.05) is 13.3 Å². The van der Waals surface area contributed by atoms with Gasteiger partial charge in [-0.2, -0.15) is 0 Å². The lowest BCUT2D eigenvalue weighted by atomic mass is 10.3. The van der Waals surface area contributed by atoms with Crippen LogP contribution in [-0.4, -0.2) is 24.4 Å². The molecule has 0 amide bonds. The van der Waals surface area contributed by atoms with Crippen LogP contribution in [-0.2, 0) is 0 Å². The molecule has 0 aromatic rings. The Morgan fingerprint density at radius 2 is 1.78 bits per heavy atom. The summed E-state index contributed by atoms with van der Waals surface area (Å²) in [7, 11) is -1.45. The Morgan fingerprint density at radius 3 is 2.11 bits per heavy atom. The molecule has 0 atom stereocenters. The lowest BCUT2D eigenvalue weighted by Gasteiger charge is -2.07. The Morgan fingerprint density at radius 1 is 1.22 bits per heavy atom. The van der Waals surface area contributed by atoms with Crippen LogP contribution in [0.3, 0.4) is 0 Å². The van der Waals surface area contributed by atoms with E-state index < -0.39 is 7.49 Å². The van der Waals surface area contributed by atoms with Gasteiger partial charge in [-0.1, -0.05) is 19.8 Å². The monoisotopic (exact) mass is 149 g/mol. The van der Waals surface area contributed by atoms with Crippen LogP contribution in [0.5, 0.6) is 0 Å². The van der Waals surface area contributed by atoms with E-state index in [4.69, 9.17) is 0 Å². The van der Waals surface area contributed by atoms with Gasteiger partial charge in [0, 0.05) is 0 Å². The molecule has 2 heteroatoms. The molecule has 0 spiro atoms. The predicted octanol–water partition coefficient (Wildman–Crippen LogP) is 2.36. The summed E-state index contributed by atoms with van der Waals surface area (Å²) in [6.07, 6.45) is 4.76. The zero-order valence-electron chi connectivity index (χ0n) is 6.72. The highest BCUT2D eigenvalue weighted by Crippen LogP contribution is 2.46. The fraction of sp³-hybridized carbons (Fsp3) is 1.00. The van der Waals surface area contributed by atoms with E-state index in [-0.39, 0.29) is 0 Å². The molecule has 0 saturated heterocycles. The summed E-state index contributed by atoms with van der Waals surface area (Å²) < 4.78 is 0. The maximum absolute atomic E-state index is 9.36. The molecular weight excluding hydrogens is 131 g/mol. The lowest BCUT2D eigenvalue weighted by Crippen LogP contribution is -1.92. The third kappa shape index (κ3) is 8.39. The van der Waals surface area contributed by atoms with Gasteiger partial charge >= 0.3 is 0 Å². The maximum atomic E-state index is 9.36. The van der Waals surface area contributed by atoms with Crippen LogP contribution in [0.2, 0.25) is 0 Å². The molecule has 0 aliphatic heterocycles. The molecule has 1 N–H and O–H groups in total. The first kappa shape index (κ1) is 9.39. The van der Waals surface area contributed by atoms with E-state index in [1.54, 1.807) is 0 Å². The number of unbranched alkanes of at least 4 members (excludes halogenated alkanes) is 2. The van der Waals surface area contributed by atoms with Gasteiger partial charge in [0.1, 0.15) is 7.49 Å². The second-order valence-corrected chi connectivity index (χ2v) is 6.74. The molecule has 0 aromatic carbocycles. The first-order valence-electron chi connectivity index (χ1n) is 3.62. The molecule has 0 heterocycles. The summed E-state index contributed by atoms with van der Waals surface area (Å²) in [4.78, 5) is 9.36. The van der Waals surface area contributed by atoms with Crippen molar-refractivity contribution in [2.24, 2.45) is 0 Å². The highest BCUT2D eigenvalue weighted by molar-refractivity contribution is 7.68. The van der Waals surface area contributed by atoms with Crippen molar-refractivity contribution in [3.8, 4) is 0 Å². The minimum atomic E-state index is -1.45. The van der Waals surface area contributed by atoms with Crippen molar-refractivity contribution >= 4 is 7.49 Å². The van der Waals surface area contributed by atoms with Gasteiger partial charge in [-0.25, -0.2) is 0 Å². The van der Waals surface area contributed by atoms with Gasteiger partial charge < -0.3 is 0 Å². The summed E-state index contributed by atoms with van der Waals surface area (Å²) in [5, 5.41) is 0. The summed E-state index contributed by atoms with van der Waals surface area (Å²) in [5.74, 6) is 0.